The van der Waals surface area contributed by atoms with Crippen molar-refractivity contribution >= 4 is 21.6 Å². The van der Waals surface area contributed by atoms with Crippen molar-refractivity contribution < 1.29 is 5.11 Å². The van der Waals surface area contributed by atoms with Crippen molar-refractivity contribution in [3.05, 3.63) is 28.2 Å². The summed E-state index contributed by atoms with van der Waals surface area (Å²) >= 11 is 3.50. The van der Waals surface area contributed by atoms with Crippen molar-refractivity contribution in [2.75, 3.05) is 18.1 Å². The smallest absolute Gasteiger partial charge is 0.0635 e. The van der Waals surface area contributed by atoms with Crippen LogP contribution < -0.4 is 10.6 Å². The molecule has 0 radical (unpaired) electrons. The SMILES string of the molecule is NCc1cc(Br)cc(N2CCCC2CO)c1. The van der Waals surface area contributed by atoms with Crippen molar-refractivity contribution in [1.29, 1.82) is 0 Å². The highest BCUT2D eigenvalue weighted by Crippen LogP contribution is 2.29. The first-order chi connectivity index (χ1) is 7.74. The van der Waals surface area contributed by atoms with Gasteiger partial charge >= 0.3 is 0 Å². The molecule has 2 rings (SSSR count). The molecule has 1 fully saturated rings. The van der Waals surface area contributed by atoms with Crippen molar-refractivity contribution in [3.63, 3.8) is 0 Å². The Morgan fingerprint density at radius 3 is 2.94 bits per heavy atom. The zero-order valence-corrected chi connectivity index (χ0v) is 10.8. The zero-order chi connectivity index (χ0) is 11.5. The maximum absolute atomic E-state index is 9.32. The van der Waals surface area contributed by atoms with E-state index in [9.17, 15) is 5.11 Å². The van der Waals surface area contributed by atoms with E-state index in [-0.39, 0.29) is 12.6 Å². The molecule has 0 saturated carbocycles. The molecule has 1 heterocycles. The number of benzene rings is 1. The van der Waals surface area contributed by atoms with Gasteiger partial charge in [0.15, 0.2) is 0 Å². The van der Waals surface area contributed by atoms with E-state index >= 15 is 0 Å². The molecule has 1 atom stereocenters. The third kappa shape index (κ3) is 2.39. The van der Waals surface area contributed by atoms with Crippen LogP contribution in [0.25, 0.3) is 0 Å². The summed E-state index contributed by atoms with van der Waals surface area (Å²) in [6.45, 7) is 1.79. The molecule has 0 aromatic heterocycles. The number of nitrogens with two attached hydrogens (primary N) is 1. The molecule has 1 aliphatic heterocycles. The summed E-state index contributed by atoms with van der Waals surface area (Å²) in [5.41, 5.74) is 7.94. The highest BCUT2D eigenvalue weighted by Gasteiger charge is 2.24. The number of halogens is 1. The van der Waals surface area contributed by atoms with Crippen LogP contribution in [0.4, 0.5) is 5.69 Å². The molecule has 0 aliphatic carbocycles. The quantitative estimate of drug-likeness (QED) is 0.891. The van der Waals surface area contributed by atoms with Gasteiger partial charge in [-0.25, -0.2) is 0 Å². The third-order valence-electron chi connectivity index (χ3n) is 3.10. The lowest BCUT2D eigenvalue weighted by atomic mass is 10.1. The number of nitrogens with zero attached hydrogens (tertiary/aromatic N) is 1. The number of rotatable bonds is 3. The molecule has 4 heteroatoms. The van der Waals surface area contributed by atoms with Gasteiger partial charge in [-0.2, -0.15) is 0 Å². The molecule has 0 bridgehead atoms. The number of hydrogen-bond donors (Lipinski definition) is 2. The Balaban J connectivity index is 2.28. The summed E-state index contributed by atoms with van der Waals surface area (Å²) in [5.74, 6) is 0. The van der Waals surface area contributed by atoms with Crippen LogP contribution in [0.3, 0.4) is 0 Å². The second-order valence-electron chi connectivity index (χ2n) is 4.19. The first-order valence-corrected chi connectivity index (χ1v) is 6.41. The van der Waals surface area contributed by atoms with E-state index in [0.29, 0.717) is 6.54 Å². The Labute approximate surface area is 104 Å². The van der Waals surface area contributed by atoms with Crippen LogP contribution in [-0.2, 0) is 6.54 Å². The highest BCUT2D eigenvalue weighted by atomic mass is 79.9. The molecule has 0 amide bonds. The average molecular weight is 285 g/mol. The lowest BCUT2D eigenvalue weighted by Gasteiger charge is -2.26. The normalized spacial score (nSPS) is 20.4. The molecule has 1 saturated heterocycles. The van der Waals surface area contributed by atoms with E-state index in [1.807, 2.05) is 6.07 Å². The summed E-state index contributed by atoms with van der Waals surface area (Å²) in [7, 11) is 0. The molecule has 1 aliphatic rings. The minimum Gasteiger partial charge on any atom is -0.394 e. The summed E-state index contributed by atoms with van der Waals surface area (Å²) in [6.07, 6.45) is 2.22. The molecular weight excluding hydrogens is 268 g/mol. The van der Waals surface area contributed by atoms with E-state index in [1.54, 1.807) is 0 Å². The second-order valence-corrected chi connectivity index (χ2v) is 5.11. The zero-order valence-electron chi connectivity index (χ0n) is 9.19. The summed E-state index contributed by atoms with van der Waals surface area (Å²) in [6, 6.07) is 6.50. The number of aliphatic hydroxyl groups is 1. The van der Waals surface area contributed by atoms with Gasteiger partial charge in [-0.1, -0.05) is 15.9 Å². The van der Waals surface area contributed by atoms with Crippen LogP contribution in [0, 0.1) is 0 Å². The minimum absolute atomic E-state index is 0.227. The first-order valence-electron chi connectivity index (χ1n) is 5.61. The van der Waals surface area contributed by atoms with Crippen LogP contribution in [-0.4, -0.2) is 24.3 Å². The summed E-state index contributed by atoms with van der Waals surface area (Å²) < 4.78 is 1.05. The van der Waals surface area contributed by atoms with Gasteiger partial charge in [-0.05, 0) is 36.6 Å². The van der Waals surface area contributed by atoms with Gasteiger partial charge in [0, 0.05) is 23.2 Å². The second kappa shape index (κ2) is 5.17. The molecule has 0 spiro atoms. The maximum Gasteiger partial charge on any atom is 0.0635 e. The Morgan fingerprint density at radius 1 is 1.44 bits per heavy atom. The van der Waals surface area contributed by atoms with Gasteiger partial charge in [0.2, 0.25) is 0 Å². The van der Waals surface area contributed by atoms with E-state index < -0.39 is 0 Å². The Kier molecular flexibility index (Phi) is 3.84. The fourth-order valence-corrected chi connectivity index (χ4v) is 2.81. The van der Waals surface area contributed by atoms with Gasteiger partial charge in [-0.15, -0.1) is 0 Å². The van der Waals surface area contributed by atoms with Crippen molar-refractivity contribution in [2.45, 2.75) is 25.4 Å². The molecule has 3 N–H and O–H groups in total. The van der Waals surface area contributed by atoms with E-state index in [1.165, 1.54) is 0 Å². The van der Waals surface area contributed by atoms with Crippen LogP contribution in [0.5, 0.6) is 0 Å². The standard InChI is InChI=1S/C12H17BrN2O/c13-10-4-9(7-14)5-12(6-10)15-3-1-2-11(15)8-16/h4-6,11,16H,1-3,7-8,14H2. The van der Waals surface area contributed by atoms with Gasteiger partial charge in [0.1, 0.15) is 0 Å². The fourth-order valence-electron chi connectivity index (χ4n) is 2.28. The van der Waals surface area contributed by atoms with Crippen molar-refractivity contribution in [3.8, 4) is 0 Å². The van der Waals surface area contributed by atoms with Gasteiger partial charge in [0.25, 0.3) is 0 Å². The van der Waals surface area contributed by atoms with E-state index in [0.717, 1.165) is 35.1 Å². The molecule has 3 nitrogen and oxygen atoms in total. The van der Waals surface area contributed by atoms with Crippen LogP contribution in [0.15, 0.2) is 22.7 Å². The number of hydrogen-bond acceptors (Lipinski definition) is 3. The Bertz CT molecular complexity index is 370. The van der Waals surface area contributed by atoms with Gasteiger partial charge < -0.3 is 15.7 Å². The lowest BCUT2D eigenvalue weighted by molar-refractivity contribution is 0.266. The topological polar surface area (TPSA) is 49.5 Å². The number of anilines is 1. The predicted octanol–water partition coefficient (Wildman–Crippen LogP) is 1.87. The Morgan fingerprint density at radius 2 is 2.25 bits per heavy atom. The molecule has 88 valence electrons. The number of aliphatic hydroxyl groups excluding tert-OH is 1. The van der Waals surface area contributed by atoms with Crippen molar-refractivity contribution in [2.24, 2.45) is 5.73 Å². The lowest BCUT2D eigenvalue weighted by Crippen LogP contribution is -2.32. The highest BCUT2D eigenvalue weighted by molar-refractivity contribution is 9.10. The largest absolute Gasteiger partial charge is 0.394 e. The van der Waals surface area contributed by atoms with E-state index in [2.05, 4.69) is 33.0 Å². The predicted molar refractivity (Wildman–Crippen MR) is 69.5 cm³/mol. The minimum atomic E-state index is 0.227. The fraction of sp³-hybridized carbons (Fsp3) is 0.500. The average Bonchev–Trinajstić information content (AvgIpc) is 2.76. The maximum atomic E-state index is 9.32. The molecule has 1 aromatic carbocycles. The Hall–Kier alpha value is -0.580. The van der Waals surface area contributed by atoms with Gasteiger partial charge in [0.05, 0.1) is 12.6 Å². The molecular formula is C12H17BrN2O. The first kappa shape index (κ1) is 11.9. The third-order valence-corrected chi connectivity index (χ3v) is 3.56. The van der Waals surface area contributed by atoms with Gasteiger partial charge in [-0.3, -0.25) is 0 Å². The molecule has 16 heavy (non-hydrogen) atoms. The molecule has 1 unspecified atom stereocenters. The van der Waals surface area contributed by atoms with Crippen LogP contribution in [0.1, 0.15) is 18.4 Å². The summed E-state index contributed by atoms with van der Waals surface area (Å²) in [5, 5.41) is 9.32. The molecule has 1 aromatic rings. The van der Waals surface area contributed by atoms with Crippen LogP contribution in [0.2, 0.25) is 0 Å². The van der Waals surface area contributed by atoms with Crippen molar-refractivity contribution in [1.82, 2.24) is 0 Å². The monoisotopic (exact) mass is 284 g/mol. The van der Waals surface area contributed by atoms with E-state index in [4.69, 9.17) is 5.73 Å². The summed E-state index contributed by atoms with van der Waals surface area (Å²) in [4.78, 5) is 2.27. The van der Waals surface area contributed by atoms with Crippen LogP contribution >= 0.6 is 15.9 Å².